The van der Waals surface area contributed by atoms with Crippen molar-refractivity contribution in [1.29, 1.82) is 0 Å². The van der Waals surface area contributed by atoms with Crippen molar-refractivity contribution in [1.82, 2.24) is 9.80 Å². The van der Waals surface area contributed by atoms with E-state index in [1.165, 1.54) is 9.80 Å². The Morgan fingerprint density at radius 1 is 0.697 bits per heavy atom. The Balaban J connectivity index is 1.79. The van der Waals surface area contributed by atoms with Crippen LogP contribution in [0.3, 0.4) is 0 Å². The smallest absolute Gasteiger partial charge is 0.261 e. The molecule has 2 aliphatic heterocycles. The van der Waals surface area contributed by atoms with E-state index in [-0.39, 0.29) is 35.6 Å². The zero-order valence-electron chi connectivity index (χ0n) is 19.9. The molecule has 174 valence electrons. The van der Waals surface area contributed by atoms with Crippen molar-refractivity contribution in [3.63, 3.8) is 0 Å². The lowest BCUT2D eigenvalue weighted by molar-refractivity contribution is 0.0533. The van der Waals surface area contributed by atoms with Gasteiger partial charge in [0, 0.05) is 45.6 Å². The Kier molecular flexibility index (Phi) is 6.37. The van der Waals surface area contributed by atoms with Gasteiger partial charge in [-0.15, -0.1) is 0 Å². The molecule has 6 nitrogen and oxygen atoms in total. The standard InChI is InChI=1S/C27H32N2O4/c1-5-8-9-10-16(4)29-26(32)20-13-11-18-22-19(12-14-21(23(20)22)27(29)33)25(31)28(24(18)30)15-17(6-2)7-3/h11-14,16-17H,5-10,15H2,1-4H3/t16-/m1/s1. The molecular weight excluding hydrogens is 416 g/mol. The molecule has 0 aliphatic carbocycles. The Bertz CT molecular complexity index is 1080. The normalized spacial score (nSPS) is 16.4. The van der Waals surface area contributed by atoms with E-state index < -0.39 is 0 Å². The third kappa shape index (κ3) is 3.65. The number of unbranched alkanes of at least 4 members (excludes halogenated alkanes) is 2. The maximum absolute atomic E-state index is 13.4. The van der Waals surface area contributed by atoms with E-state index in [2.05, 4.69) is 20.8 Å². The van der Waals surface area contributed by atoms with Gasteiger partial charge in [0.05, 0.1) is 0 Å². The highest BCUT2D eigenvalue weighted by Crippen LogP contribution is 2.38. The molecule has 0 saturated heterocycles. The highest BCUT2D eigenvalue weighted by molar-refractivity contribution is 6.33. The lowest BCUT2D eigenvalue weighted by Gasteiger charge is -2.35. The predicted octanol–water partition coefficient (Wildman–Crippen LogP) is 5.44. The number of rotatable bonds is 9. The molecule has 0 spiro atoms. The number of carbonyl (C=O) groups excluding carboxylic acids is 4. The number of carbonyl (C=O) groups is 4. The lowest BCUT2D eigenvalue weighted by atomic mass is 9.85. The summed E-state index contributed by atoms with van der Waals surface area (Å²) >= 11 is 0. The SMILES string of the molecule is CCCCC[C@@H](C)N1C(=O)c2ccc3c4c(ccc(c24)C1=O)C(=O)N(CC(CC)CC)C3=O. The minimum absolute atomic E-state index is 0.217. The average molecular weight is 449 g/mol. The van der Waals surface area contributed by atoms with Crippen molar-refractivity contribution in [3.8, 4) is 0 Å². The van der Waals surface area contributed by atoms with Gasteiger partial charge in [-0.05, 0) is 43.5 Å². The van der Waals surface area contributed by atoms with Crippen LogP contribution in [-0.2, 0) is 0 Å². The molecule has 0 aromatic heterocycles. The Hall–Kier alpha value is -3.02. The van der Waals surface area contributed by atoms with Crippen molar-refractivity contribution in [2.75, 3.05) is 6.54 Å². The average Bonchev–Trinajstić information content (AvgIpc) is 2.81. The molecule has 1 atom stereocenters. The molecular formula is C27H32N2O4. The summed E-state index contributed by atoms with van der Waals surface area (Å²) in [6.07, 6.45) is 5.58. The number of amides is 4. The summed E-state index contributed by atoms with van der Waals surface area (Å²) in [4.78, 5) is 56.1. The minimum Gasteiger partial charge on any atom is -0.274 e. The molecule has 4 rings (SSSR count). The maximum atomic E-state index is 13.4. The van der Waals surface area contributed by atoms with Gasteiger partial charge < -0.3 is 0 Å². The zero-order chi connectivity index (χ0) is 23.9. The Morgan fingerprint density at radius 3 is 1.58 bits per heavy atom. The number of imide groups is 2. The molecule has 4 amide bonds. The molecule has 6 heteroatoms. The van der Waals surface area contributed by atoms with Crippen molar-refractivity contribution in [2.45, 2.75) is 72.3 Å². The van der Waals surface area contributed by atoms with E-state index >= 15 is 0 Å². The van der Waals surface area contributed by atoms with Gasteiger partial charge in [0.25, 0.3) is 23.6 Å². The summed E-state index contributed by atoms with van der Waals surface area (Å²) in [5.74, 6) is -1.16. The first-order chi connectivity index (χ1) is 15.8. The monoisotopic (exact) mass is 448 g/mol. The van der Waals surface area contributed by atoms with E-state index in [0.29, 0.717) is 39.6 Å². The van der Waals surface area contributed by atoms with E-state index in [4.69, 9.17) is 0 Å². The van der Waals surface area contributed by atoms with Gasteiger partial charge in [0.15, 0.2) is 0 Å². The molecule has 2 aromatic carbocycles. The predicted molar refractivity (Wildman–Crippen MR) is 127 cm³/mol. The van der Waals surface area contributed by atoms with Gasteiger partial charge in [-0.25, -0.2) is 0 Å². The number of hydrogen-bond acceptors (Lipinski definition) is 4. The fourth-order valence-corrected chi connectivity index (χ4v) is 5.13. The lowest BCUT2D eigenvalue weighted by Crippen LogP contribution is -2.47. The Morgan fingerprint density at radius 2 is 1.15 bits per heavy atom. The second-order valence-electron chi connectivity index (χ2n) is 9.30. The van der Waals surface area contributed by atoms with Crippen LogP contribution >= 0.6 is 0 Å². The van der Waals surface area contributed by atoms with Crippen LogP contribution in [0.25, 0.3) is 10.8 Å². The van der Waals surface area contributed by atoms with E-state index in [1.807, 2.05) is 6.92 Å². The highest BCUT2D eigenvalue weighted by atomic mass is 16.2. The fraction of sp³-hybridized carbons (Fsp3) is 0.481. The summed E-state index contributed by atoms with van der Waals surface area (Å²) in [7, 11) is 0. The second-order valence-corrected chi connectivity index (χ2v) is 9.30. The largest absolute Gasteiger partial charge is 0.274 e. The molecule has 0 saturated carbocycles. The van der Waals surface area contributed by atoms with Gasteiger partial charge in [-0.1, -0.05) is 52.9 Å². The number of nitrogens with zero attached hydrogens (tertiary/aromatic N) is 2. The summed E-state index contributed by atoms with van der Waals surface area (Å²) in [5, 5.41) is 0.890. The van der Waals surface area contributed by atoms with Crippen LogP contribution in [0.15, 0.2) is 24.3 Å². The topological polar surface area (TPSA) is 74.8 Å². The van der Waals surface area contributed by atoms with Crippen LogP contribution in [0.4, 0.5) is 0 Å². The van der Waals surface area contributed by atoms with E-state index in [0.717, 1.165) is 38.5 Å². The second kappa shape index (κ2) is 9.08. The molecule has 0 N–H and O–H groups in total. The summed E-state index contributed by atoms with van der Waals surface area (Å²) in [6, 6.07) is 6.37. The summed E-state index contributed by atoms with van der Waals surface area (Å²) < 4.78 is 0. The first kappa shape index (κ1) is 23.1. The van der Waals surface area contributed by atoms with Gasteiger partial charge >= 0.3 is 0 Å². The summed E-state index contributed by atoms with van der Waals surface area (Å²) in [5.41, 5.74) is 1.56. The summed E-state index contributed by atoms with van der Waals surface area (Å²) in [6.45, 7) is 8.50. The number of benzene rings is 2. The third-order valence-electron chi connectivity index (χ3n) is 7.27. The third-order valence-corrected chi connectivity index (χ3v) is 7.27. The first-order valence-corrected chi connectivity index (χ1v) is 12.2. The molecule has 0 bridgehead atoms. The molecule has 2 aliphatic rings. The van der Waals surface area contributed by atoms with Crippen LogP contribution in [0.2, 0.25) is 0 Å². The minimum atomic E-state index is -0.349. The zero-order valence-corrected chi connectivity index (χ0v) is 19.9. The van der Waals surface area contributed by atoms with Gasteiger partial charge in [0.1, 0.15) is 0 Å². The molecule has 0 unspecified atom stereocenters. The first-order valence-electron chi connectivity index (χ1n) is 12.2. The van der Waals surface area contributed by atoms with Gasteiger partial charge in [-0.2, -0.15) is 0 Å². The van der Waals surface area contributed by atoms with E-state index in [1.54, 1.807) is 24.3 Å². The molecule has 33 heavy (non-hydrogen) atoms. The number of hydrogen-bond donors (Lipinski definition) is 0. The molecule has 2 heterocycles. The van der Waals surface area contributed by atoms with Crippen molar-refractivity contribution < 1.29 is 19.2 Å². The van der Waals surface area contributed by atoms with Crippen LogP contribution in [0, 0.1) is 5.92 Å². The van der Waals surface area contributed by atoms with Crippen LogP contribution in [0.5, 0.6) is 0 Å². The quantitative estimate of drug-likeness (QED) is 0.378. The van der Waals surface area contributed by atoms with Crippen LogP contribution in [-0.4, -0.2) is 46.0 Å². The van der Waals surface area contributed by atoms with Crippen molar-refractivity contribution in [2.24, 2.45) is 5.92 Å². The van der Waals surface area contributed by atoms with Gasteiger partial charge in [0.2, 0.25) is 0 Å². The highest BCUT2D eigenvalue weighted by Gasteiger charge is 2.41. The van der Waals surface area contributed by atoms with Crippen LogP contribution < -0.4 is 0 Å². The Labute approximate surface area is 194 Å². The van der Waals surface area contributed by atoms with Crippen LogP contribution in [0.1, 0.15) is 108 Å². The maximum Gasteiger partial charge on any atom is 0.261 e. The molecule has 2 aromatic rings. The van der Waals surface area contributed by atoms with Gasteiger partial charge in [-0.3, -0.25) is 29.0 Å². The molecule has 0 radical (unpaired) electrons. The molecule has 0 fully saturated rings. The fourth-order valence-electron chi connectivity index (χ4n) is 5.13. The van der Waals surface area contributed by atoms with Crippen molar-refractivity contribution in [3.05, 3.63) is 46.5 Å². The van der Waals surface area contributed by atoms with E-state index in [9.17, 15) is 19.2 Å². The van der Waals surface area contributed by atoms with Crippen molar-refractivity contribution >= 4 is 34.4 Å².